The Bertz CT molecular complexity index is 881. The zero-order valence-electron chi connectivity index (χ0n) is 20.4. The molecule has 10 heteroatoms. The fraction of sp³-hybridized carbons (Fsp3) is 0.667. The minimum atomic E-state index is -4.40. The zero-order valence-corrected chi connectivity index (χ0v) is 20.4. The van der Waals surface area contributed by atoms with Crippen molar-refractivity contribution < 1.29 is 22.4 Å². The van der Waals surface area contributed by atoms with Crippen molar-refractivity contribution in [3.63, 3.8) is 0 Å². The van der Waals surface area contributed by atoms with Crippen molar-refractivity contribution in [1.29, 1.82) is 0 Å². The highest BCUT2D eigenvalue weighted by molar-refractivity contribution is 5.93. The molecule has 0 aliphatic carbocycles. The van der Waals surface area contributed by atoms with E-state index in [0.29, 0.717) is 13.0 Å². The fourth-order valence-electron chi connectivity index (χ4n) is 4.83. The third-order valence-corrected chi connectivity index (χ3v) is 6.52. The van der Waals surface area contributed by atoms with Crippen LogP contribution in [0.15, 0.2) is 29.3 Å². The molecular formula is C24H35F4N5O. The van der Waals surface area contributed by atoms with E-state index >= 15 is 4.39 Å². The van der Waals surface area contributed by atoms with Crippen LogP contribution in [0, 0.1) is 5.41 Å². The molecule has 34 heavy (non-hydrogen) atoms. The monoisotopic (exact) mass is 485 g/mol. The summed E-state index contributed by atoms with van der Waals surface area (Å²) in [6.07, 6.45) is -4.53. The van der Waals surface area contributed by atoms with Crippen LogP contribution in [0.1, 0.15) is 57.2 Å². The second-order valence-electron chi connectivity index (χ2n) is 10.2. The van der Waals surface area contributed by atoms with Gasteiger partial charge in [0.2, 0.25) is 5.91 Å². The van der Waals surface area contributed by atoms with Gasteiger partial charge in [-0.3, -0.25) is 20.0 Å². The summed E-state index contributed by atoms with van der Waals surface area (Å²) < 4.78 is 54.8. The number of aliphatic imine (C=N–C) groups is 1. The fourth-order valence-corrected chi connectivity index (χ4v) is 4.83. The number of hydrogen-bond donors (Lipinski definition) is 2. The number of amides is 1. The summed E-state index contributed by atoms with van der Waals surface area (Å²) in [5, 5.41) is 5.79. The first kappa shape index (κ1) is 26.4. The molecule has 0 saturated carbocycles. The van der Waals surface area contributed by atoms with E-state index in [-0.39, 0.29) is 29.9 Å². The van der Waals surface area contributed by atoms with Crippen molar-refractivity contribution in [2.75, 3.05) is 27.3 Å². The average Bonchev–Trinajstić information content (AvgIpc) is 3.25. The van der Waals surface area contributed by atoms with Crippen LogP contribution in [0.4, 0.5) is 17.6 Å². The number of likely N-dealkylation sites (tertiary alicyclic amines) is 1. The first-order valence-electron chi connectivity index (χ1n) is 11.6. The highest BCUT2D eigenvalue weighted by Crippen LogP contribution is 2.37. The molecule has 3 unspecified atom stereocenters. The molecule has 0 bridgehead atoms. The van der Waals surface area contributed by atoms with Gasteiger partial charge in [-0.25, -0.2) is 4.39 Å². The van der Waals surface area contributed by atoms with Gasteiger partial charge in [0.1, 0.15) is 18.0 Å². The molecule has 6 nitrogen and oxygen atoms in total. The predicted octanol–water partition coefficient (Wildman–Crippen LogP) is 3.95. The van der Waals surface area contributed by atoms with Gasteiger partial charge in [-0.05, 0) is 42.4 Å². The number of amidine groups is 1. The maximum atomic E-state index is 15.9. The highest BCUT2D eigenvalue weighted by atomic mass is 19.4. The van der Waals surface area contributed by atoms with Crippen molar-refractivity contribution in [3.05, 3.63) is 35.4 Å². The van der Waals surface area contributed by atoms with Gasteiger partial charge < -0.3 is 10.2 Å². The van der Waals surface area contributed by atoms with Gasteiger partial charge in [0.25, 0.3) is 0 Å². The smallest absolute Gasteiger partial charge is 0.357 e. The van der Waals surface area contributed by atoms with Gasteiger partial charge >= 0.3 is 6.18 Å². The lowest BCUT2D eigenvalue weighted by Crippen LogP contribution is -2.61. The second kappa shape index (κ2) is 10.2. The van der Waals surface area contributed by atoms with Crippen LogP contribution in [-0.4, -0.2) is 67.2 Å². The van der Waals surface area contributed by atoms with Crippen molar-refractivity contribution in [3.8, 4) is 0 Å². The number of nitrogens with one attached hydrogen (secondary N) is 2. The lowest BCUT2D eigenvalue weighted by molar-refractivity contribution is -0.137. The Labute approximate surface area is 198 Å². The summed E-state index contributed by atoms with van der Waals surface area (Å²) in [5.74, 6) is 0.00544. The lowest BCUT2D eigenvalue weighted by atomic mass is 9.87. The Hall–Kier alpha value is -2.20. The number of alkyl halides is 4. The van der Waals surface area contributed by atoms with Crippen LogP contribution in [-0.2, 0) is 11.0 Å². The van der Waals surface area contributed by atoms with Crippen LogP contribution in [0.2, 0.25) is 0 Å². The van der Waals surface area contributed by atoms with Crippen LogP contribution in [0.3, 0.4) is 0 Å². The standard InChI is InChI=1S/C24H35F4N5O/c1-23(2,3)13-18(22(34)29-4)32(5)20-19(25)21(31-14-30-20)33-12-6-7-17(33)15-8-10-16(11-9-15)24(26,27)28/h8-11,17-19,21,31H,6-7,12-14H2,1-5H3,(H,29,34)/t17?,18-,19?,21?/m1/s1. The maximum Gasteiger partial charge on any atom is 0.416 e. The Morgan fingerprint density at radius 3 is 2.47 bits per heavy atom. The molecule has 3 rings (SSSR count). The summed E-state index contributed by atoms with van der Waals surface area (Å²) >= 11 is 0. The molecule has 2 heterocycles. The van der Waals surface area contributed by atoms with Crippen molar-refractivity contribution >= 4 is 11.7 Å². The normalized spacial score (nSPS) is 25.1. The number of hydrogen-bond acceptors (Lipinski definition) is 5. The van der Waals surface area contributed by atoms with E-state index in [1.807, 2.05) is 25.7 Å². The summed E-state index contributed by atoms with van der Waals surface area (Å²) in [4.78, 5) is 20.6. The molecule has 1 aromatic carbocycles. The van der Waals surface area contributed by atoms with E-state index in [1.54, 1.807) is 19.0 Å². The van der Waals surface area contributed by atoms with Crippen molar-refractivity contribution in [2.24, 2.45) is 10.4 Å². The van der Waals surface area contributed by atoms with Gasteiger partial charge in [-0.1, -0.05) is 32.9 Å². The number of rotatable bonds is 5. The summed E-state index contributed by atoms with van der Waals surface area (Å²) in [6.45, 7) is 6.87. The van der Waals surface area contributed by atoms with E-state index in [0.717, 1.165) is 30.5 Å². The van der Waals surface area contributed by atoms with Crippen molar-refractivity contribution in [2.45, 2.75) is 70.6 Å². The maximum absolute atomic E-state index is 15.9. The van der Waals surface area contributed by atoms with E-state index in [2.05, 4.69) is 15.6 Å². The third-order valence-electron chi connectivity index (χ3n) is 6.52. The average molecular weight is 486 g/mol. The van der Waals surface area contributed by atoms with Crippen LogP contribution >= 0.6 is 0 Å². The number of likely N-dealkylation sites (N-methyl/N-ethyl adjacent to an activating group) is 2. The Morgan fingerprint density at radius 2 is 1.91 bits per heavy atom. The quantitative estimate of drug-likeness (QED) is 0.621. The number of carbonyl (C=O) groups is 1. The molecule has 1 aromatic rings. The number of carbonyl (C=O) groups excluding carboxylic acids is 1. The summed E-state index contributed by atoms with van der Waals surface area (Å²) in [5.41, 5.74) is -0.129. The van der Waals surface area contributed by atoms with Crippen molar-refractivity contribution in [1.82, 2.24) is 20.4 Å². The largest absolute Gasteiger partial charge is 0.416 e. The van der Waals surface area contributed by atoms with Crippen LogP contribution < -0.4 is 10.6 Å². The molecule has 2 aliphatic rings. The summed E-state index contributed by atoms with van der Waals surface area (Å²) in [7, 11) is 3.25. The van der Waals surface area contributed by atoms with E-state index < -0.39 is 30.1 Å². The Kier molecular flexibility index (Phi) is 7.92. The minimum Gasteiger partial charge on any atom is -0.357 e. The highest BCUT2D eigenvalue weighted by Gasteiger charge is 2.43. The molecule has 190 valence electrons. The molecule has 0 radical (unpaired) electrons. The Morgan fingerprint density at radius 1 is 1.26 bits per heavy atom. The van der Waals surface area contributed by atoms with E-state index in [9.17, 15) is 18.0 Å². The molecule has 0 aromatic heterocycles. The van der Waals surface area contributed by atoms with Gasteiger partial charge in [-0.2, -0.15) is 13.2 Å². The number of halogens is 4. The predicted molar refractivity (Wildman–Crippen MR) is 124 cm³/mol. The Balaban J connectivity index is 1.80. The second-order valence-corrected chi connectivity index (χ2v) is 10.2. The number of benzene rings is 1. The number of nitrogens with zero attached hydrogens (tertiary/aromatic N) is 3. The molecular weight excluding hydrogens is 450 g/mol. The van der Waals surface area contributed by atoms with Crippen LogP contribution in [0.25, 0.3) is 0 Å². The molecule has 2 aliphatic heterocycles. The first-order valence-corrected chi connectivity index (χ1v) is 11.6. The topological polar surface area (TPSA) is 60.0 Å². The lowest BCUT2D eigenvalue weighted by Gasteiger charge is -2.42. The van der Waals surface area contributed by atoms with Crippen LogP contribution in [0.5, 0.6) is 0 Å². The minimum absolute atomic E-state index is 0.160. The van der Waals surface area contributed by atoms with Gasteiger partial charge in [-0.15, -0.1) is 0 Å². The van der Waals surface area contributed by atoms with Gasteiger partial charge in [0.15, 0.2) is 6.17 Å². The molecule has 0 spiro atoms. The SMILES string of the molecule is CNC(=O)[C@@H](CC(C)(C)C)N(C)C1=NCNC(N2CCCC2c2ccc(C(F)(F)F)cc2)C1F. The van der Waals surface area contributed by atoms with Gasteiger partial charge in [0.05, 0.1) is 12.2 Å². The van der Waals surface area contributed by atoms with Gasteiger partial charge in [0, 0.05) is 26.7 Å². The third kappa shape index (κ3) is 5.89. The van der Waals surface area contributed by atoms with E-state index in [4.69, 9.17) is 0 Å². The molecule has 1 amide bonds. The molecule has 4 atom stereocenters. The van der Waals surface area contributed by atoms with E-state index in [1.165, 1.54) is 12.1 Å². The first-order chi connectivity index (χ1) is 15.8. The molecule has 1 fully saturated rings. The molecule has 2 N–H and O–H groups in total. The summed E-state index contributed by atoms with van der Waals surface area (Å²) in [6, 6.07) is 4.33. The molecule has 1 saturated heterocycles. The zero-order chi connectivity index (χ0) is 25.3.